The molecule has 8 nitrogen and oxygen atoms in total. The van der Waals surface area contributed by atoms with Crippen molar-refractivity contribution < 1.29 is 28.6 Å². The van der Waals surface area contributed by atoms with E-state index in [2.05, 4.69) is 21.0 Å². The predicted molar refractivity (Wildman–Crippen MR) is 111 cm³/mol. The highest BCUT2D eigenvalue weighted by Gasteiger charge is 2.36. The van der Waals surface area contributed by atoms with Crippen LogP contribution >= 0.6 is 27.5 Å². The Kier molecular flexibility index (Phi) is 6.42. The van der Waals surface area contributed by atoms with E-state index in [9.17, 15) is 14.4 Å². The molecule has 1 aliphatic rings. The average molecular weight is 496 g/mol. The lowest BCUT2D eigenvalue weighted by Crippen LogP contribution is -2.26. The van der Waals surface area contributed by atoms with Gasteiger partial charge in [-0.05, 0) is 36.4 Å². The topological polar surface area (TPSA) is 94.5 Å². The Labute approximate surface area is 185 Å². The molecule has 1 aliphatic heterocycles. The fraction of sp³-hybridized carbons (Fsp3) is 0.200. The van der Waals surface area contributed by atoms with Gasteiger partial charge < -0.3 is 14.2 Å². The first-order valence-corrected chi connectivity index (χ1v) is 9.84. The summed E-state index contributed by atoms with van der Waals surface area (Å²) < 4.78 is 17.1. The van der Waals surface area contributed by atoms with E-state index in [4.69, 9.17) is 25.8 Å². The molecule has 0 spiro atoms. The number of nitrogens with zero attached hydrogens (tertiary/aromatic N) is 2. The van der Waals surface area contributed by atoms with Gasteiger partial charge in [-0.1, -0.05) is 27.5 Å². The van der Waals surface area contributed by atoms with Gasteiger partial charge in [0.15, 0.2) is 0 Å². The maximum absolute atomic E-state index is 12.3. The molecule has 1 atom stereocenters. The standard InChI is InChI=1S/C20H16BrClN2O6/c1-10(25)24-20(16-9-14(22)5-7-18(16)29-12(3)27)30-19(23-24)15-8-13(21)4-6-17(15)28-11(2)26/h4-9,20H,1-3H3. The fourth-order valence-corrected chi connectivity index (χ4v) is 3.29. The van der Waals surface area contributed by atoms with E-state index in [1.54, 1.807) is 24.3 Å². The molecule has 0 fully saturated rings. The molecule has 156 valence electrons. The summed E-state index contributed by atoms with van der Waals surface area (Å²) in [5, 5.41) is 5.70. The molecule has 0 aromatic heterocycles. The van der Waals surface area contributed by atoms with Crippen LogP contribution in [0.2, 0.25) is 5.02 Å². The van der Waals surface area contributed by atoms with Gasteiger partial charge in [-0.2, -0.15) is 5.01 Å². The Morgan fingerprint density at radius 3 is 2.30 bits per heavy atom. The van der Waals surface area contributed by atoms with Gasteiger partial charge in [0, 0.05) is 30.3 Å². The summed E-state index contributed by atoms with van der Waals surface area (Å²) in [6.07, 6.45) is -1.05. The number of esters is 2. The van der Waals surface area contributed by atoms with Crippen LogP contribution < -0.4 is 9.47 Å². The molecule has 1 unspecified atom stereocenters. The number of hydrogen-bond donors (Lipinski definition) is 0. The van der Waals surface area contributed by atoms with Crippen molar-refractivity contribution in [2.45, 2.75) is 27.0 Å². The number of carbonyl (C=O) groups excluding carboxylic acids is 3. The number of benzene rings is 2. The molecule has 2 aromatic rings. The van der Waals surface area contributed by atoms with Crippen LogP contribution in [0, 0.1) is 0 Å². The highest BCUT2D eigenvalue weighted by atomic mass is 79.9. The van der Waals surface area contributed by atoms with E-state index in [1.165, 1.54) is 32.9 Å². The van der Waals surface area contributed by atoms with Crippen molar-refractivity contribution in [3.63, 3.8) is 0 Å². The lowest BCUT2D eigenvalue weighted by atomic mass is 10.1. The second-order valence-electron chi connectivity index (χ2n) is 6.25. The van der Waals surface area contributed by atoms with Gasteiger partial charge in [0.2, 0.25) is 18.0 Å². The maximum atomic E-state index is 12.3. The molecule has 10 heteroatoms. The van der Waals surface area contributed by atoms with E-state index in [1.807, 2.05) is 0 Å². The van der Waals surface area contributed by atoms with E-state index in [-0.39, 0.29) is 17.4 Å². The van der Waals surface area contributed by atoms with Crippen molar-refractivity contribution in [1.29, 1.82) is 0 Å². The summed E-state index contributed by atoms with van der Waals surface area (Å²) >= 11 is 9.47. The summed E-state index contributed by atoms with van der Waals surface area (Å²) in [5.41, 5.74) is 0.681. The molecule has 0 saturated carbocycles. The van der Waals surface area contributed by atoms with Gasteiger partial charge in [-0.25, -0.2) is 0 Å². The van der Waals surface area contributed by atoms with Crippen LogP contribution in [0.3, 0.4) is 0 Å². The van der Waals surface area contributed by atoms with Crippen molar-refractivity contribution in [3.8, 4) is 11.5 Å². The molecule has 1 amide bonds. The van der Waals surface area contributed by atoms with E-state index in [0.29, 0.717) is 20.6 Å². The summed E-state index contributed by atoms with van der Waals surface area (Å²) in [4.78, 5) is 35.2. The van der Waals surface area contributed by atoms with Gasteiger partial charge >= 0.3 is 11.9 Å². The molecular formula is C20H16BrClN2O6. The number of hydrazone groups is 1. The Bertz CT molecular complexity index is 1070. The molecule has 2 aromatic carbocycles. The minimum absolute atomic E-state index is 0.0431. The number of halogens is 2. The minimum atomic E-state index is -1.05. The van der Waals surface area contributed by atoms with Crippen LogP contribution in [0.15, 0.2) is 46.0 Å². The van der Waals surface area contributed by atoms with Crippen molar-refractivity contribution in [3.05, 3.63) is 57.0 Å². The third-order valence-electron chi connectivity index (χ3n) is 3.88. The first-order valence-electron chi connectivity index (χ1n) is 8.67. The number of ether oxygens (including phenoxy) is 3. The van der Waals surface area contributed by atoms with Gasteiger partial charge in [0.05, 0.1) is 11.1 Å². The Balaban J connectivity index is 2.07. The lowest BCUT2D eigenvalue weighted by Gasteiger charge is -2.21. The van der Waals surface area contributed by atoms with Crippen molar-refractivity contribution in [1.82, 2.24) is 5.01 Å². The Morgan fingerprint density at radius 2 is 1.67 bits per heavy atom. The van der Waals surface area contributed by atoms with Crippen LogP contribution in [-0.2, 0) is 19.1 Å². The molecule has 0 saturated heterocycles. The quantitative estimate of drug-likeness (QED) is 0.466. The Hall–Kier alpha value is -2.91. The number of rotatable bonds is 4. The first kappa shape index (κ1) is 21.8. The zero-order valence-electron chi connectivity index (χ0n) is 16.1. The number of hydrogen-bond acceptors (Lipinski definition) is 7. The maximum Gasteiger partial charge on any atom is 0.308 e. The van der Waals surface area contributed by atoms with Gasteiger partial charge in [-0.3, -0.25) is 14.4 Å². The zero-order valence-corrected chi connectivity index (χ0v) is 18.5. The molecule has 0 radical (unpaired) electrons. The monoisotopic (exact) mass is 494 g/mol. The van der Waals surface area contributed by atoms with E-state index in [0.717, 1.165) is 5.01 Å². The largest absolute Gasteiger partial charge is 0.445 e. The molecular weight excluding hydrogens is 480 g/mol. The minimum Gasteiger partial charge on any atom is -0.445 e. The normalized spacial score (nSPS) is 15.3. The van der Waals surface area contributed by atoms with Crippen LogP contribution in [0.1, 0.15) is 38.1 Å². The van der Waals surface area contributed by atoms with Crippen LogP contribution in [-0.4, -0.2) is 28.8 Å². The SMILES string of the molecule is CC(=O)Oc1ccc(Br)cc1C1=NN(C(C)=O)C(c2cc(Cl)ccc2OC(C)=O)O1. The Morgan fingerprint density at radius 1 is 1.03 bits per heavy atom. The molecule has 0 N–H and O–H groups in total. The summed E-state index contributed by atoms with van der Waals surface area (Å²) in [7, 11) is 0. The van der Waals surface area contributed by atoms with E-state index >= 15 is 0 Å². The molecule has 0 aliphatic carbocycles. The highest BCUT2D eigenvalue weighted by molar-refractivity contribution is 9.10. The number of amides is 1. The summed E-state index contributed by atoms with van der Waals surface area (Å²) in [6, 6.07) is 9.47. The third kappa shape index (κ3) is 4.80. The van der Waals surface area contributed by atoms with Gasteiger partial charge in [-0.15, -0.1) is 5.10 Å². The highest BCUT2D eigenvalue weighted by Crippen LogP contribution is 2.38. The average Bonchev–Trinajstić information content (AvgIpc) is 3.09. The van der Waals surface area contributed by atoms with Crippen molar-refractivity contribution in [2.24, 2.45) is 5.10 Å². The van der Waals surface area contributed by atoms with E-state index < -0.39 is 24.1 Å². The second kappa shape index (κ2) is 8.85. The van der Waals surface area contributed by atoms with Crippen molar-refractivity contribution >= 4 is 51.3 Å². The zero-order chi connectivity index (χ0) is 22.0. The van der Waals surface area contributed by atoms with Crippen molar-refractivity contribution in [2.75, 3.05) is 0 Å². The second-order valence-corrected chi connectivity index (χ2v) is 7.60. The lowest BCUT2D eigenvalue weighted by molar-refractivity contribution is -0.135. The van der Waals surface area contributed by atoms with Gasteiger partial charge in [0.25, 0.3) is 0 Å². The number of carbonyl (C=O) groups is 3. The van der Waals surface area contributed by atoms with Gasteiger partial charge in [0.1, 0.15) is 11.5 Å². The first-order chi connectivity index (χ1) is 14.2. The van der Waals surface area contributed by atoms with Crippen LogP contribution in [0.5, 0.6) is 11.5 Å². The summed E-state index contributed by atoms with van der Waals surface area (Å²) in [6.45, 7) is 3.84. The smallest absolute Gasteiger partial charge is 0.308 e. The molecule has 1 heterocycles. The van der Waals surface area contributed by atoms with Crippen LogP contribution in [0.25, 0.3) is 0 Å². The molecule has 3 rings (SSSR count). The fourth-order valence-electron chi connectivity index (χ4n) is 2.75. The molecule has 0 bridgehead atoms. The van der Waals surface area contributed by atoms with Crippen LogP contribution in [0.4, 0.5) is 0 Å². The predicted octanol–water partition coefficient (Wildman–Crippen LogP) is 4.19. The third-order valence-corrected chi connectivity index (χ3v) is 4.61. The summed E-state index contributed by atoms with van der Waals surface area (Å²) in [5.74, 6) is -1.07. The molecule has 30 heavy (non-hydrogen) atoms.